The number of hydrogen-bond donors (Lipinski definition) is 1. The van der Waals surface area contributed by atoms with Crippen molar-refractivity contribution in [1.29, 1.82) is 0 Å². The van der Waals surface area contributed by atoms with Gasteiger partial charge >= 0.3 is 0 Å². The Labute approximate surface area is 95.8 Å². The molecule has 0 saturated heterocycles. The van der Waals surface area contributed by atoms with Crippen molar-refractivity contribution in [2.75, 3.05) is 13.2 Å². The third kappa shape index (κ3) is 7.24. The third-order valence-corrected chi connectivity index (χ3v) is 3.78. The summed E-state index contributed by atoms with van der Waals surface area (Å²) in [6.07, 6.45) is 1.03. The average Bonchev–Trinajstić information content (AvgIpc) is 2.12. The van der Waals surface area contributed by atoms with Gasteiger partial charge in [-0.15, -0.1) is 0 Å². The number of rotatable bonds is 7. The molecule has 0 bridgehead atoms. The zero-order valence-electron chi connectivity index (χ0n) is 11.0. The molecule has 0 spiro atoms. The fraction of sp³-hybridized carbons (Fsp3) is 1.00. The normalized spacial score (nSPS) is 14.6. The lowest BCUT2D eigenvalue weighted by Crippen LogP contribution is -2.42. The fourth-order valence-electron chi connectivity index (χ4n) is 1.28. The van der Waals surface area contributed by atoms with Gasteiger partial charge in [-0.3, -0.25) is 0 Å². The van der Waals surface area contributed by atoms with Crippen LogP contribution in [-0.2, 0) is 9.05 Å². The first-order valence-corrected chi connectivity index (χ1v) is 7.02. The molecule has 4 heteroatoms. The fourth-order valence-corrected chi connectivity index (χ4v) is 3.01. The molecular formula is C11H26NO2P. The van der Waals surface area contributed by atoms with E-state index in [1.807, 2.05) is 13.8 Å². The summed E-state index contributed by atoms with van der Waals surface area (Å²) in [5.74, 6) is 0.319. The van der Waals surface area contributed by atoms with E-state index in [-0.39, 0.29) is 5.54 Å². The molecular weight excluding hydrogens is 209 g/mol. The summed E-state index contributed by atoms with van der Waals surface area (Å²) < 4.78 is 11.3. The molecule has 1 N–H and O–H groups in total. The molecule has 0 aliphatic heterocycles. The van der Waals surface area contributed by atoms with E-state index in [4.69, 9.17) is 9.05 Å². The Morgan fingerprint density at radius 1 is 1.07 bits per heavy atom. The van der Waals surface area contributed by atoms with Crippen molar-refractivity contribution in [3.05, 3.63) is 0 Å². The highest BCUT2D eigenvalue weighted by molar-refractivity contribution is 7.48. The summed E-state index contributed by atoms with van der Waals surface area (Å²) in [6, 6.07) is 0. The zero-order valence-corrected chi connectivity index (χ0v) is 11.9. The van der Waals surface area contributed by atoms with E-state index >= 15 is 0 Å². The minimum Gasteiger partial charge on any atom is -0.333 e. The largest absolute Gasteiger partial charge is 0.333 e. The monoisotopic (exact) mass is 235 g/mol. The van der Waals surface area contributed by atoms with Gasteiger partial charge in [0.25, 0.3) is 0 Å². The average molecular weight is 235 g/mol. The highest BCUT2D eigenvalue weighted by atomic mass is 31.2. The lowest BCUT2D eigenvalue weighted by atomic mass is 10.1. The highest BCUT2D eigenvalue weighted by Crippen LogP contribution is 2.44. The van der Waals surface area contributed by atoms with Crippen LogP contribution in [0.4, 0.5) is 0 Å². The van der Waals surface area contributed by atoms with Crippen LogP contribution in [0.15, 0.2) is 0 Å². The van der Waals surface area contributed by atoms with Gasteiger partial charge in [-0.2, -0.15) is 0 Å². The Bertz CT molecular complexity index is 153. The first-order valence-electron chi connectivity index (χ1n) is 5.77. The standard InChI is InChI=1S/C11H26NO2P/c1-7-10(12-11(4,5)6)15(13-8-2)14-9-3/h10,12H,7-9H2,1-6H3. The van der Waals surface area contributed by atoms with Crippen molar-refractivity contribution >= 4 is 8.38 Å². The van der Waals surface area contributed by atoms with Gasteiger partial charge in [0.2, 0.25) is 0 Å². The Morgan fingerprint density at radius 2 is 1.53 bits per heavy atom. The SMILES string of the molecule is CCOP(OCC)C(CC)NC(C)(C)C. The van der Waals surface area contributed by atoms with Gasteiger partial charge in [-0.25, -0.2) is 0 Å². The molecule has 15 heavy (non-hydrogen) atoms. The quantitative estimate of drug-likeness (QED) is 0.685. The number of nitrogens with one attached hydrogen (secondary N) is 1. The summed E-state index contributed by atoms with van der Waals surface area (Å²) in [6.45, 7) is 14.1. The van der Waals surface area contributed by atoms with E-state index < -0.39 is 8.38 Å². The molecule has 0 aliphatic carbocycles. The van der Waals surface area contributed by atoms with E-state index in [1.165, 1.54) is 0 Å². The molecule has 0 saturated carbocycles. The van der Waals surface area contributed by atoms with Crippen LogP contribution >= 0.6 is 8.38 Å². The second-order valence-electron chi connectivity index (χ2n) is 4.44. The maximum absolute atomic E-state index is 5.66. The minimum atomic E-state index is -0.800. The Hall–Kier alpha value is 0.310. The van der Waals surface area contributed by atoms with Crippen LogP contribution in [0.25, 0.3) is 0 Å². The molecule has 0 rings (SSSR count). The first kappa shape index (κ1) is 15.3. The molecule has 0 radical (unpaired) electrons. The molecule has 1 atom stereocenters. The molecule has 0 heterocycles. The van der Waals surface area contributed by atoms with Crippen LogP contribution in [0.2, 0.25) is 0 Å². The Balaban J connectivity index is 4.30. The maximum Gasteiger partial charge on any atom is 0.188 e. The second-order valence-corrected chi connectivity index (χ2v) is 6.15. The molecule has 3 nitrogen and oxygen atoms in total. The summed E-state index contributed by atoms with van der Waals surface area (Å²) in [7, 11) is -0.800. The van der Waals surface area contributed by atoms with Gasteiger partial charge in [0.15, 0.2) is 8.38 Å². The van der Waals surface area contributed by atoms with Crippen LogP contribution in [0.1, 0.15) is 48.0 Å². The molecule has 92 valence electrons. The van der Waals surface area contributed by atoms with Crippen molar-refractivity contribution in [1.82, 2.24) is 5.32 Å². The molecule has 1 unspecified atom stereocenters. The molecule has 0 aromatic rings. The predicted octanol–water partition coefficient (Wildman–Crippen LogP) is 3.50. The lowest BCUT2D eigenvalue weighted by Gasteiger charge is -2.32. The molecule has 0 fully saturated rings. The van der Waals surface area contributed by atoms with Gasteiger partial charge in [-0.05, 0) is 41.0 Å². The smallest absolute Gasteiger partial charge is 0.188 e. The van der Waals surface area contributed by atoms with Gasteiger partial charge < -0.3 is 14.4 Å². The van der Waals surface area contributed by atoms with E-state index in [0.29, 0.717) is 19.0 Å². The Kier molecular flexibility index (Phi) is 7.72. The van der Waals surface area contributed by atoms with Crippen LogP contribution in [0.3, 0.4) is 0 Å². The van der Waals surface area contributed by atoms with Gasteiger partial charge in [-0.1, -0.05) is 6.92 Å². The molecule has 0 amide bonds. The van der Waals surface area contributed by atoms with Crippen LogP contribution < -0.4 is 5.32 Å². The topological polar surface area (TPSA) is 30.5 Å². The summed E-state index contributed by atoms with van der Waals surface area (Å²) in [5, 5.41) is 3.55. The predicted molar refractivity (Wildman–Crippen MR) is 67.1 cm³/mol. The van der Waals surface area contributed by atoms with E-state index in [1.54, 1.807) is 0 Å². The second kappa shape index (κ2) is 7.56. The Morgan fingerprint density at radius 3 is 1.80 bits per heavy atom. The van der Waals surface area contributed by atoms with Crippen LogP contribution in [0, 0.1) is 0 Å². The van der Waals surface area contributed by atoms with E-state index in [2.05, 4.69) is 33.0 Å². The van der Waals surface area contributed by atoms with E-state index in [9.17, 15) is 0 Å². The zero-order chi connectivity index (χ0) is 11.9. The molecule has 0 aliphatic rings. The van der Waals surface area contributed by atoms with Gasteiger partial charge in [0, 0.05) is 5.54 Å². The van der Waals surface area contributed by atoms with Crippen molar-refractivity contribution in [2.24, 2.45) is 0 Å². The first-order chi connectivity index (χ1) is 6.94. The number of hydrogen-bond acceptors (Lipinski definition) is 3. The summed E-state index contributed by atoms with van der Waals surface area (Å²) in [4.78, 5) is 0. The highest BCUT2D eigenvalue weighted by Gasteiger charge is 2.25. The minimum absolute atomic E-state index is 0.107. The van der Waals surface area contributed by atoms with Crippen molar-refractivity contribution in [3.63, 3.8) is 0 Å². The summed E-state index contributed by atoms with van der Waals surface area (Å²) in [5.41, 5.74) is 0.107. The van der Waals surface area contributed by atoms with Gasteiger partial charge in [0.05, 0.1) is 19.0 Å². The van der Waals surface area contributed by atoms with Crippen molar-refractivity contribution < 1.29 is 9.05 Å². The molecule has 0 aromatic heterocycles. The lowest BCUT2D eigenvalue weighted by molar-refractivity contribution is 0.248. The molecule has 0 aromatic carbocycles. The van der Waals surface area contributed by atoms with E-state index in [0.717, 1.165) is 6.42 Å². The van der Waals surface area contributed by atoms with Crippen molar-refractivity contribution in [3.8, 4) is 0 Å². The maximum atomic E-state index is 5.66. The third-order valence-electron chi connectivity index (χ3n) is 1.75. The summed E-state index contributed by atoms with van der Waals surface area (Å²) >= 11 is 0. The van der Waals surface area contributed by atoms with Gasteiger partial charge in [0.1, 0.15) is 0 Å². The van der Waals surface area contributed by atoms with Crippen LogP contribution in [-0.4, -0.2) is 24.5 Å². The van der Waals surface area contributed by atoms with Crippen LogP contribution in [0.5, 0.6) is 0 Å². The van der Waals surface area contributed by atoms with Crippen molar-refractivity contribution in [2.45, 2.75) is 59.3 Å².